The predicted octanol–water partition coefficient (Wildman–Crippen LogP) is 2.03. The van der Waals surface area contributed by atoms with Gasteiger partial charge in [0, 0.05) is 13.0 Å². The lowest BCUT2D eigenvalue weighted by atomic mass is 10.0. The highest BCUT2D eigenvalue weighted by atomic mass is 32.2. The van der Waals surface area contributed by atoms with Gasteiger partial charge < -0.3 is 9.84 Å². The number of rotatable bonds is 3. The molecule has 0 aliphatic carbocycles. The van der Waals surface area contributed by atoms with Gasteiger partial charge >= 0.3 is 5.97 Å². The third kappa shape index (κ3) is 2.95. The van der Waals surface area contributed by atoms with E-state index in [4.69, 9.17) is 4.74 Å². The van der Waals surface area contributed by atoms with Crippen molar-refractivity contribution < 1.29 is 23.1 Å². The minimum Gasteiger partial charge on any atom is -0.487 e. The summed E-state index contributed by atoms with van der Waals surface area (Å²) in [5.41, 5.74) is 0.499. The van der Waals surface area contributed by atoms with Crippen molar-refractivity contribution in [2.45, 2.75) is 56.1 Å². The number of carboxylic acid groups (broad SMARTS) is 1. The maximum absolute atomic E-state index is 12.9. The van der Waals surface area contributed by atoms with Gasteiger partial charge in [0.2, 0.25) is 10.0 Å². The van der Waals surface area contributed by atoms with Gasteiger partial charge in [0.05, 0.1) is 4.90 Å². The molecule has 1 aromatic carbocycles. The molecule has 6 nitrogen and oxygen atoms in total. The number of carboxylic acids is 1. The second-order valence-electron chi connectivity index (χ2n) is 6.77. The molecule has 7 heteroatoms. The highest BCUT2D eigenvalue weighted by molar-refractivity contribution is 7.89. The second-order valence-corrected chi connectivity index (χ2v) is 8.66. The fourth-order valence-electron chi connectivity index (χ4n) is 3.32. The van der Waals surface area contributed by atoms with E-state index in [9.17, 15) is 18.3 Å². The lowest BCUT2D eigenvalue weighted by molar-refractivity contribution is -0.142. The fourth-order valence-corrected chi connectivity index (χ4v) is 5.02. The molecule has 0 amide bonds. The number of benzene rings is 1. The Morgan fingerprint density at radius 2 is 2.09 bits per heavy atom. The minimum absolute atomic E-state index is 0.144. The minimum atomic E-state index is -3.82. The quantitative estimate of drug-likeness (QED) is 0.911. The summed E-state index contributed by atoms with van der Waals surface area (Å²) in [7, 11) is -3.82. The van der Waals surface area contributed by atoms with Gasteiger partial charge in [0.15, 0.2) is 0 Å². The Morgan fingerprint density at radius 1 is 1.35 bits per heavy atom. The second kappa shape index (κ2) is 5.49. The molecule has 0 radical (unpaired) electrons. The average molecular weight is 339 g/mol. The summed E-state index contributed by atoms with van der Waals surface area (Å²) in [5, 5.41) is 9.32. The molecule has 1 atom stereocenters. The summed E-state index contributed by atoms with van der Waals surface area (Å²) < 4.78 is 32.7. The highest BCUT2D eigenvalue weighted by Crippen LogP contribution is 2.37. The number of fused-ring (bicyclic) bond motifs is 1. The molecule has 126 valence electrons. The molecular weight excluding hydrogens is 318 g/mol. The summed E-state index contributed by atoms with van der Waals surface area (Å²) in [4.78, 5) is 11.5. The first-order chi connectivity index (χ1) is 10.7. The molecule has 3 rings (SSSR count). The number of nitrogens with zero attached hydrogens (tertiary/aromatic N) is 1. The maximum atomic E-state index is 12.9. The molecular formula is C16H21NO5S. The van der Waals surface area contributed by atoms with Crippen LogP contribution in [-0.4, -0.2) is 42.0 Å². The van der Waals surface area contributed by atoms with Crippen LogP contribution >= 0.6 is 0 Å². The first kappa shape index (κ1) is 16.3. The van der Waals surface area contributed by atoms with Crippen LogP contribution in [0.2, 0.25) is 0 Å². The number of carbonyl (C=O) groups is 1. The molecule has 1 N–H and O–H groups in total. The fraction of sp³-hybridized carbons (Fsp3) is 0.562. The third-order valence-electron chi connectivity index (χ3n) is 4.38. The summed E-state index contributed by atoms with van der Waals surface area (Å²) >= 11 is 0. The summed E-state index contributed by atoms with van der Waals surface area (Å²) in [6, 6.07) is 3.81. The van der Waals surface area contributed by atoms with Crippen molar-refractivity contribution >= 4 is 16.0 Å². The van der Waals surface area contributed by atoms with Crippen LogP contribution in [0.15, 0.2) is 23.1 Å². The topological polar surface area (TPSA) is 83.9 Å². The van der Waals surface area contributed by atoms with Gasteiger partial charge in [-0.05, 0) is 56.9 Å². The summed E-state index contributed by atoms with van der Waals surface area (Å²) in [6.07, 6.45) is 2.41. The molecule has 1 unspecified atom stereocenters. The molecule has 1 saturated heterocycles. The van der Waals surface area contributed by atoms with Gasteiger partial charge in [-0.1, -0.05) is 0 Å². The largest absolute Gasteiger partial charge is 0.487 e. The monoisotopic (exact) mass is 339 g/mol. The van der Waals surface area contributed by atoms with Crippen molar-refractivity contribution in [3.63, 3.8) is 0 Å². The molecule has 2 heterocycles. The molecule has 0 saturated carbocycles. The maximum Gasteiger partial charge on any atom is 0.322 e. The van der Waals surface area contributed by atoms with Crippen LogP contribution in [0.3, 0.4) is 0 Å². The van der Waals surface area contributed by atoms with E-state index in [1.807, 2.05) is 13.8 Å². The van der Waals surface area contributed by atoms with E-state index in [1.165, 1.54) is 6.07 Å². The van der Waals surface area contributed by atoms with E-state index < -0.39 is 22.0 Å². The number of hydrogen-bond donors (Lipinski definition) is 1. The van der Waals surface area contributed by atoms with E-state index in [0.717, 1.165) is 16.3 Å². The van der Waals surface area contributed by atoms with Crippen molar-refractivity contribution in [3.05, 3.63) is 23.8 Å². The molecule has 2 aliphatic rings. The number of ether oxygens (including phenoxy) is 1. The summed E-state index contributed by atoms with van der Waals surface area (Å²) in [6.45, 7) is 4.15. The van der Waals surface area contributed by atoms with Gasteiger partial charge in [0.25, 0.3) is 0 Å². The van der Waals surface area contributed by atoms with Crippen molar-refractivity contribution in [2.24, 2.45) is 0 Å². The van der Waals surface area contributed by atoms with E-state index in [-0.39, 0.29) is 17.0 Å². The zero-order chi connectivity index (χ0) is 16.8. The number of hydrogen-bond acceptors (Lipinski definition) is 4. The first-order valence-corrected chi connectivity index (χ1v) is 9.21. The van der Waals surface area contributed by atoms with Crippen LogP contribution < -0.4 is 4.74 Å². The van der Waals surface area contributed by atoms with Gasteiger partial charge in [0.1, 0.15) is 17.4 Å². The Labute approximate surface area is 136 Å². The van der Waals surface area contributed by atoms with E-state index >= 15 is 0 Å². The van der Waals surface area contributed by atoms with Crippen LogP contribution in [0, 0.1) is 0 Å². The molecule has 1 fully saturated rings. The predicted molar refractivity (Wildman–Crippen MR) is 84.0 cm³/mol. The zero-order valence-corrected chi connectivity index (χ0v) is 14.1. The lowest BCUT2D eigenvalue weighted by Crippen LogP contribution is -2.47. The Kier molecular flexibility index (Phi) is 3.88. The lowest BCUT2D eigenvalue weighted by Gasteiger charge is -2.31. The molecule has 2 aliphatic heterocycles. The Morgan fingerprint density at radius 3 is 2.78 bits per heavy atom. The number of sulfonamides is 1. The number of aliphatic carboxylic acids is 1. The van der Waals surface area contributed by atoms with Gasteiger partial charge in [-0.15, -0.1) is 0 Å². The van der Waals surface area contributed by atoms with E-state index in [2.05, 4.69) is 0 Å². The van der Waals surface area contributed by atoms with E-state index in [1.54, 1.807) is 12.1 Å². The molecule has 1 aromatic rings. The molecule has 0 spiro atoms. The molecule has 0 bridgehead atoms. The normalized spacial score (nSPS) is 24.0. The molecule has 0 aromatic heterocycles. The van der Waals surface area contributed by atoms with Crippen molar-refractivity contribution in [3.8, 4) is 5.75 Å². The van der Waals surface area contributed by atoms with Crippen LogP contribution in [-0.2, 0) is 21.2 Å². The standard InChI is InChI=1S/C16H21NO5S/c1-16(2)10-11-9-12(6-7-14(11)22-16)23(20,21)17-8-4-3-5-13(17)15(18)19/h6-7,9,13H,3-5,8,10H2,1-2H3,(H,18,19). The highest BCUT2D eigenvalue weighted by Gasteiger charge is 2.38. The zero-order valence-electron chi connectivity index (χ0n) is 13.3. The van der Waals surface area contributed by atoms with E-state index in [0.29, 0.717) is 25.0 Å². The van der Waals surface area contributed by atoms with Crippen LogP contribution in [0.5, 0.6) is 5.75 Å². The Bertz CT molecular complexity index is 741. The average Bonchev–Trinajstić information content (AvgIpc) is 2.79. The van der Waals surface area contributed by atoms with Crippen LogP contribution in [0.25, 0.3) is 0 Å². The Hall–Kier alpha value is -1.60. The van der Waals surface area contributed by atoms with Crippen LogP contribution in [0.4, 0.5) is 0 Å². The first-order valence-electron chi connectivity index (χ1n) is 7.77. The van der Waals surface area contributed by atoms with Crippen molar-refractivity contribution in [1.29, 1.82) is 0 Å². The van der Waals surface area contributed by atoms with Gasteiger partial charge in [-0.3, -0.25) is 4.79 Å². The number of piperidine rings is 1. The SMILES string of the molecule is CC1(C)Cc2cc(S(=O)(=O)N3CCCCC3C(=O)O)ccc2O1. The van der Waals surface area contributed by atoms with Crippen LogP contribution in [0.1, 0.15) is 38.7 Å². The smallest absolute Gasteiger partial charge is 0.322 e. The molecule has 23 heavy (non-hydrogen) atoms. The van der Waals surface area contributed by atoms with Gasteiger partial charge in [-0.25, -0.2) is 8.42 Å². The van der Waals surface area contributed by atoms with Crippen molar-refractivity contribution in [1.82, 2.24) is 4.31 Å². The van der Waals surface area contributed by atoms with Gasteiger partial charge in [-0.2, -0.15) is 4.31 Å². The third-order valence-corrected chi connectivity index (χ3v) is 6.28. The Balaban J connectivity index is 1.96. The summed E-state index contributed by atoms with van der Waals surface area (Å²) in [5.74, 6) is -0.388. The van der Waals surface area contributed by atoms with Crippen molar-refractivity contribution in [2.75, 3.05) is 6.54 Å².